The normalized spacial score (nSPS) is 18.8. The van der Waals surface area contributed by atoms with Crippen LogP contribution in [0.3, 0.4) is 0 Å². The fraction of sp³-hybridized carbons (Fsp3) is 0.625. The van der Waals surface area contributed by atoms with Crippen LogP contribution in [0.25, 0.3) is 0 Å². The van der Waals surface area contributed by atoms with E-state index in [-0.39, 0.29) is 0 Å². The first-order valence-corrected chi connectivity index (χ1v) is 7.43. The number of nitrogens with one attached hydrogen (secondary N) is 1. The van der Waals surface area contributed by atoms with Gasteiger partial charge in [0.2, 0.25) is 0 Å². The average molecular weight is 266 g/mol. The van der Waals surface area contributed by atoms with Crippen LogP contribution in [0.5, 0.6) is 0 Å². The molecule has 1 aliphatic carbocycles. The summed E-state index contributed by atoms with van der Waals surface area (Å²) in [5.41, 5.74) is 2.93. The Morgan fingerprint density at radius 1 is 1.22 bits per heavy atom. The molecule has 2 heteroatoms. The van der Waals surface area contributed by atoms with Crippen molar-refractivity contribution in [3.63, 3.8) is 0 Å². The summed E-state index contributed by atoms with van der Waals surface area (Å²) in [5, 5.41) is 4.47. The van der Waals surface area contributed by atoms with Crippen LogP contribution in [0.1, 0.15) is 50.2 Å². The van der Waals surface area contributed by atoms with Crippen molar-refractivity contribution in [1.82, 2.24) is 5.32 Å². The molecular weight excluding hydrogens is 242 g/mol. The van der Waals surface area contributed by atoms with Gasteiger partial charge in [0.1, 0.15) is 0 Å². The number of hydrogen-bond donors (Lipinski definition) is 1. The average Bonchev–Trinajstić information content (AvgIpc) is 2.33. The van der Waals surface area contributed by atoms with Crippen molar-refractivity contribution < 1.29 is 0 Å². The van der Waals surface area contributed by atoms with Gasteiger partial charge in [-0.1, -0.05) is 49.9 Å². The lowest BCUT2D eigenvalue weighted by Gasteiger charge is -2.33. The van der Waals surface area contributed by atoms with E-state index in [1.54, 1.807) is 0 Å². The minimum Gasteiger partial charge on any atom is -0.312 e. The summed E-state index contributed by atoms with van der Waals surface area (Å²) < 4.78 is 0. The minimum absolute atomic E-state index is 0.495. The van der Waals surface area contributed by atoms with Gasteiger partial charge in [-0.2, -0.15) is 0 Å². The molecule has 18 heavy (non-hydrogen) atoms. The molecule has 0 unspecified atom stereocenters. The molecule has 0 aliphatic heterocycles. The van der Waals surface area contributed by atoms with Gasteiger partial charge < -0.3 is 5.32 Å². The van der Waals surface area contributed by atoms with Crippen molar-refractivity contribution in [2.75, 3.05) is 6.54 Å². The molecule has 0 bridgehead atoms. The van der Waals surface area contributed by atoms with Crippen LogP contribution < -0.4 is 5.32 Å². The van der Waals surface area contributed by atoms with Gasteiger partial charge in [-0.05, 0) is 42.4 Å². The monoisotopic (exact) mass is 265 g/mol. The highest BCUT2D eigenvalue weighted by atomic mass is 35.5. The van der Waals surface area contributed by atoms with Gasteiger partial charge in [0.15, 0.2) is 0 Å². The van der Waals surface area contributed by atoms with Gasteiger partial charge in [0, 0.05) is 18.1 Å². The predicted octanol–water partition coefficient (Wildman–Crippen LogP) is 4.71. The summed E-state index contributed by atoms with van der Waals surface area (Å²) in [6.07, 6.45) is 6.93. The van der Waals surface area contributed by atoms with E-state index in [2.05, 4.69) is 31.3 Å². The van der Waals surface area contributed by atoms with E-state index in [4.69, 9.17) is 11.6 Å². The van der Waals surface area contributed by atoms with Crippen LogP contribution >= 0.6 is 11.6 Å². The molecule has 100 valence electrons. The number of aryl methyl sites for hydroxylation is 1. The SMILES string of the molecule is Cc1ccc(CNCC2(C)CCCCC2)c(Cl)c1. The van der Waals surface area contributed by atoms with Gasteiger partial charge in [0.25, 0.3) is 0 Å². The maximum atomic E-state index is 6.25. The van der Waals surface area contributed by atoms with Crippen LogP contribution in [-0.4, -0.2) is 6.54 Å². The van der Waals surface area contributed by atoms with Gasteiger partial charge >= 0.3 is 0 Å². The van der Waals surface area contributed by atoms with Gasteiger partial charge in [-0.3, -0.25) is 0 Å². The van der Waals surface area contributed by atoms with Crippen LogP contribution in [0.15, 0.2) is 18.2 Å². The first-order valence-electron chi connectivity index (χ1n) is 7.05. The van der Waals surface area contributed by atoms with Crippen molar-refractivity contribution in [3.8, 4) is 0 Å². The Balaban J connectivity index is 1.84. The molecule has 0 spiro atoms. The fourth-order valence-electron chi connectivity index (χ4n) is 2.88. The van der Waals surface area contributed by atoms with Gasteiger partial charge in [-0.15, -0.1) is 0 Å². The predicted molar refractivity (Wildman–Crippen MR) is 79.1 cm³/mol. The number of halogens is 1. The molecule has 0 saturated heterocycles. The molecule has 0 aromatic heterocycles. The molecule has 1 fully saturated rings. The number of benzene rings is 1. The lowest BCUT2D eigenvalue weighted by atomic mass is 9.76. The number of hydrogen-bond acceptors (Lipinski definition) is 1. The lowest BCUT2D eigenvalue weighted by Crippen LogP contribution is -2.33. The van der Waals surface area contributed by atoms with Crippen molar-refractivity contribution in [1.29, 1.82) is 0 Å². The Labute approximate surface area is 116 Å². The smallest absolute Gasteiger partial charge is 0.0453 e. The largest absolute Gasteiger partial charge is 0.312 e. The summed E-state index contributed by atoms with van der Waals surface area (Å²) in [7, 11) is 0. The van der Waals surface area contributed by atoms with E-state index in [0.717, 1.165) is 18.1 Å². The molecule has 1 saturated carbocycles. The second-order valence-corrected chi connectivity index (χ2v) is 6.48. The molecule has 0 amide bonds. The highest BCUT2D eigenvalue weighted by Gasteiger charge is 2.25. The molecule has 1 N–H and O–H groups in total. The molecule has 1 aliphatic rings. The van der Waals surface area contributed by atoms with Gasteiger partial charge in [0.05, 0.1) is 0 Å². The molecule has 1 nitrogen and oxygen atoms in total. The Bertz CT molecular complexity index is 394. The molecule has 0 atom stereocenters. The van der Waals surface area contributed by atoms with Crippen LogP contribution in [0.4, 0.5) is 0 Å². The standard InChI is InChI=1S/C16H24ClN/c1-13-6-7-14(15(17)10-13)11-18-12-16(2)8-4-3-5-9-16/h6-7,10,18H,3-5,8-9,11-12H2,1-2H3. The van der Waals surface area contributed by atoms with E-state index in [0.29, 0.717) is 5.41 Å². The summed E-state index contributed by atoms with van der Waals surface area (Å²) in [6, 6.07) is 6.31. The lowest BCUT2D eigenvalue weighted by molar-refractivity contribution is 0.207. The van der Waals surface area contributed by atoms with E-state index in [1.165, 1.54) is 43.2 Å². The zero-order valence-electron chi connectivity index (χ0n) is 11.6. The minimum atomic E-state index is 0.495. The van der Waals surface area contributed by atoms with E-state index < -0.39 is 0 Å². The maximum absolute atomic E-state index is 6.25. The second kappa shape index (κ2) is 6.08. The highest BCUT2D eigenvalue weighted by molar-refractivity contribution is 6.31. The third-order valence-corrected chi connectivity index (χ3v) is 4.49. The third kappa shape index (κ3) is 3.73. The van der Waals surface area contributed by atoms with Crippen molar-refractivity contribution in [2.24, 2.45) is 5.41 Å². The van der Waals surface area contributed by atoms with Crippen molar-refractivity contribution >= 4 is 11.6 Å². The fourth-order valence-corrected chi connectivity index (χ4v) is 3.18. The Morgan fingerprint density at radius 3 is 2.61 bits per heavy atom. The summed E-state index contributed by atoms with van der Waals surface area (Å²) in [4.78, 5) is 0. The molecule has 2 rings (SSSR count). The van der Waals surface area contributed by atoms with Crippen LogP contribution in [0, 0.1) is 12.3 Å². The summed E-state index contributed by atoms with van der Waals surface area (Å²) >= 11 is 6.25. The zero-order valence-corrected chi connectivity index (χ0v) is 12.3. The third-order valence-electron chi connectivity index (χ3n) is 4.14. The first kappa shape index (κ1) is 13.9. The topological polar surface area (TPSA) is 12.0 Å². The van der Waals surface area contributed by atoms with Gasteiger partial charge in [-0.25, -0.2) is 0 Å². The highest BCUT2D eigenvalue weighted by Crippen LogP contribution is 2.35. The van der Waals surface area contributed by atoms with Crippen LogP contribution in [0.2, 0.25) is 5.02 Å². The summed E-state index contributed by atoms with van der Waals surface area (Å²) in [6.45, 7) is 6.48. The molecule has 0 radical (unpaired) electrons. The van der Waals surface area contributed by atoms with Crippen LogP contribution in [-0.2, 0) is 6.54 Å². The molecule has 0 heterocycles. The molecule has 1 aromatic carbocycles. The van der Waals surface area contributed by atoms with E-state index in [9.17, 15) is 0 Å². The number of rotatable bonds is 4. The Hall–Kier alpha value is -0.530. The quantitative estimate of drug-likeness (QED) is 0.831. The first-order chi connectivity index (χ1) is 8.59. The van der Waals surface area contributed by atoms with Crippen molar-refractivity contribution in [2.45, 2.75) is 52.5 Å². The zero-order chi connectivity index (χ0) is 13.0. The Kier molecular flexibility index (Phi) is 4.69. The van der Waals surface area contributed by atoms with Crippen molar-refractivity contribution in [3.05, 3.63) is 34.3 Å². The van der Waals surface area contributed by atoms with E-state index in [1.807, 2.05) is 6.07 Å². The maximum Gasteiger partial charge on any atom is 0.0453 e. The Morgan fingerprint density at radius 2 is 1.94 bits per heavy atom. The second-order valence-electron chi connectivity index (χ2n) is 6.07. The molecular formula is C16H24ClN. The summed E-state index contributed by atoms with van der Waals surface area (Å²) in [5.74, 6) is 0. The molecule has 1 aromatic rings. The van der Waals surface area contributed by atoms with E-state index >= 15 is 0 Å².